The zero-order chi connectivity index (χ0) is 17.3. The number of anilines is 1. The highest BCUT2D eigenvalue weighted by Crippen LogP contribution is 2.20. The molecule has 5 heteroatoms. The lowest BCUT2D eigenvalue weighted by Gasteiger charge is -2.26. The lowest BCUT2D eigenvalue weighted by Crippen LogP contribution is -2.42. The van der Waals surface area contributed by atoms with E-state index < -0.39 is 5.60 Å². The van der Waals surface area contributed by atoms with Crippen LogP contribution in [0.3, 0.4) is 0 Å². The SMILES string of the molecule is CCOC(C)(CC)C(=O)Nc1ccc(OCCCN(C)C)cc1. The van der Waals surface area contributed by atoms with Crippen molar-refractivity contribution >= 4 is 11.6 Å². The monoisotopic (exact) mass is 322 g/mol. The normalized spacial score (nSPS) is 13.7. The second-order valence-corrected chi connectivity index (χ2v) is 6.00. The third-order valence-corrected chi connectivity index (χ3v) is 3.75. The van der Waals surface area contributed by atoms with Crippen molar-refractivity contribution in [2.24, 2.45) is 0 Å². The van der Waals surface area contributed by atoms with Crippen LogP contribution in [0.15, 0.2) is 24.3 Å². The molecule has 1 unspecified atom stereocenters. The summed E-state index contributed by atoms with van der Waals surface area (Å²) in [5.41, 5.74) is -0.0501. The van der Waals surface area contributed by atoms with E-state index in [0.29, 0.717) is 19.6 Å². The minimum atomic E-state index is -0.796. The lowest BCUT2D eigenvalue weighted by atomic mass is 10.0. The summed E-state index contributed by atoms with van der Waals surface area (Å²) in [6.07, 6.45) is 1.61. The number of ether oxygens (including phenoxy) is 2. The summed E-state index contributed by atoms with van der Waals surface area (Å²) in [5, 5.41) is 2.90. The number of rotatable bonds is 10. The summed E-state index contributed by atoms with van der Waals surface area (Å²) in [7, 11) is 4.09. The molecule has 0 saturated heterocycles. The third kappa shape index (κ3) is 6.59. The van der Waals surface area contributed by atoms with Crippen molar-refractivity contribution in [3.8, 4) is 5.75 Å². The van der Waals surface area contributed by atoms with E-state index in [-0.39, 0.29) is 5.91 Å². The van der Waals surface area contributed by atoms with Gasteiger partial charge in [0.1, 0.15) is 11.4 Å². The van der Waals surface area contributed by atoms with Gasteiger partial charge in [0.15, 0.2) is 0 Å². The Morgan fingerprint density at radius 3 is 2.39 bits per heavy atom. The predicted octanol–water partition coefficient (Wildman–Crippen LogP) is 3.16. The van der Waals surface area contributed by atoms with Gasteiger partial charge < -0.3 is 19.7 Å². The van der Waals surface area contributed by atoms with Gasteiger partial charge in [0.25, 0.3) is 5.91 Å². The molecule has 0 aliphatic carbocycles. The average Bonchev–Trinajstić information content (AvgIpc) is 2.53. The molecule has 0 aromatic heterocycles. The Morgan fingerprint density at radius 2 is 1.87 bits per heavy atom. The van der Waals surface area contributed by atoms with Gasteiger partial charge in [-0.15, -0.1) is 0 Å². The molecule has 1 rings (SSSR count). The molecule has 0 bridgehead atoms. The van der Waals surface area contributed by atoms with Gasteiger partial charge >= 0.3 is 0 Å². The lowest BCUT2D eigenvalue weighted by molar-refractivity contribution is -0.139. The minimum Gasteiger partial charge on any atom is -0.494 e. The van der Waals surface area contributed by atoms with Gasteiger partial charge in [-0.2, -0.15) is 0 Å². The highest BCUT2D eigenvalue weighted by atomic mass is 16.5. The Bertz CT molecular complexity index is 474. The summed E-state index contributed by atoms with van der Waals surface area (Å²) in [5.74, 6) is 0.686. The second-order valence-electron chi connectivity index (χ2n) is 6.00. The van der Waals surface area contributed by atoms with Crippen LogP contribution in [0.5, 0.6) is 5.75 Å². The molecular weight excluding hydrogens is 292 g/mol. The molecule has 0 saturated carbocycles. The molecule has 23 heavy (non-hydrogen) atoms. The van der Waals surface area contributed by atoms with E-state index in [1.54, 1.807) is 0 Å². The van der Waals surface area contributed by atoms with E-state index in [9.17, 15) is 4.79 Å². The summed E-state index contributed by atoms with van der Waals surface area (Å²) >= 11 is 0. The van der Waals surface area contributed by atoms with E-state index in [0.717, 1.165) is 24.4 Å². The van der Waals surface area contributed by atoms with Crippen LogP contribution in [0, 0.1) is 0 Å². The maximum Gasteiger partial charge on any atom is 0.256 e. The molecule has 0 radical (unpaired) electrons. The van der Waals surface area contributed by atoms with Crippen LogP contribution in [0.1, 0.15) is 33.6 Å². The molecule has 1 amide bonds. The molecule has 5 nitrogen and oxygen atoms in total. The van der Waals surface area contributed by atoms with Gasteiger partial charge in [0, 0.05) is 18.8 Å². The van der Waals surface area contributed by atoms with Crippen LogP contribution in [0.25, 0.3) is 0 Å². The van der Waals surface area contributed by atoms with Crippen molar-refractivity contribution in [3.63, 3.8) is 0 Å². The predicted molar refractivity (Wildman–Crippen MR) is 94.1 cm³/mol. The standard InChI is InChI=1S/C18H30N2O3/c1-6-18(3,23-7-2)17(21)19-15-9-11-16(12-10-15)22-14-8-13-20(4)5/h9-12H,6-8,13-14H2,1-5H3,(H,19,21). The first-order chi connectivity index (χ1) is 10.9. The Kier molecular flexibility index (Phi) is 8.06. The van der Waals surface area contributed by atoms with Crippen LogP contribution < -0.4 is 10.1 Å². The quantitative estimate of drug-likeness (QED) is 0.672. The summed E-state index contributed by atoms with van der Waals surface area (Å²) < 4.78 is 11.3. The molecule has 130 valence electrons. The number of nitrogens with zero attached hydrogens (tertiary/aromatic N) is 1. The molecule has 0 heterocycles. The fourth-order valence-electron chi connectivity index (χ4n) is 2.12. The molecule has 0 aliphatic rings. The molecule has 1 atom stereocenters. The average molecular weight is 322 g/mol. The molecule has 0 spiro atoms. The van der Waals surface area contributed by atoms with E-state index in [4.69, 9.17) is 9.47 Å². The maximum atomic E-state index is 12.3. The zero-order valence-electron chi connectivity index (χ0n) is 15.0. The molecule has 1 aromatic carbocycles. The van der Waals surface area contributed by atoms with Gasteiger partial charge in [0.05, 0.1) is 6.61 Å². The van der Waals surface area contributed by atoms with Crippen molar-refractivity contribution in [1.29, 1.82) is 0 Å². The fourth-order valence-corrected chi connectivity index (χ4v) is 2.12. The van der Waals surface area contributed by atoms with Gasteiger partial charge in [0.2, 0.25) is 0 Å². The number of carbonyl (C=O) groups excluding carboxylic acids is 1. The van der Waals surface area contributed by atoms with Crippen LogP contribution in [0.4, 0.5) is 5.69 Å². The van der Waals surface area contributed by atoms with Crippen LogP contribution in [-0.4, -0.2) is 50.3 Å². The van der Waals surface area contributed by atoms with E-state index in [1.807, 2.05) is 59.1 Å². The number of benzene rings is 1. The summed E-state index contributed by atoms with van der Waals surface area (Å²) in [6.45, 7) is 7.85. The Hall–Kier alpha value is -1.59. The fraction of sp³-hybridized carbons (Fsp3) is 0.611. The van der Waals surface area contributed by atoms with Crippen molar-refractivity contribution in [3.05, 3.63) is 24.3 Å². The first-order valence-corrected chi connectivity index (χ1v) is 8.24. The first-order valence-electron chi connectivity index (χ1n) is 8.24. The highest BCUT2D eigenvalue weighted by Gasteiger charge is 2.31. The largest absolute Gasteiger partial charge is 0.494 e. The topological polar surface area (TPSA) is 50.8 Å². The van der Waals surface area contributed by atoms with Gasteiger partial charge in [-0.1, -0.05) is 6.92 Å². The smallest absolute Gasteiger partial charge is 0.256 e. The Labute approximate surface area is 140 Å². The van der Waals surface area contributed by atoms with E-state index in [2.05, 4.69) is 10.2 Å². The third-order valence-electron chi connectivity index (χ3n) is 3.75. The van der Waals surface area contributed by atoms with Crippen LogP contribution >= 0.6 is 0 Å². The summed E-state index contributed by atoms with van der Waals surface area (Å²) in [4.78, 5) is 14.5. The van der Waals surface area contributed by atoms with Gasteiger partial charge in [-0.05, 0) is 65.0 Å². The number of hydrogen-bond donors (Lipinski definition) is 1. The van der Waals surface area contributed by atoms with Crippen molar-refractivity contribution < 1.29 is 14.3 Å². The zero-order valence-corrected chi connectivity index (χ0v) is 15.0. The van der Waals surface area contributed by atoms with E-state index >= 15 is 0 Å². The number of carbonyl (C=O) groups is 1. The molecule has 0 fully saturated rings. The number of hydrogen-bond acceptors (Lipinski definition) is 4. The maximum absolute atomic E-state index is 12.3. The van der Waals surface area contributed by atoms with Crippen LogP contribution in [0.2, 0.25) is 0 Å². The van der Waals surface area contributed by atoms with Crippen molar-refractivity contribution in [1.82, 2.24) is 4.90 Å². The minimum absolute atomic E-state index is 0.124. The van der Waals surface area contributed by atoms with Crippen molar-refractivity contribution in [2.75, 3.05) is 39.2 Å². The number of amides is 1. The second kappa shape index (κ2) is 9.53. The summed E-state index contributed by atoms with van der Waals surface area (Å²) in [6, 6.07) is 7.44. The van der Waals surface area contributed by atoms with E-state index in [1.165, 1.54) is 0 Å². The van der Waals surface area contributed by atoms with Gasteiger partial charge in [-0.3, -0.25) is 4.79 Å². The molecule has 0 aliphatic heterocycles. The molecular formula is C18H30N2O3. The molecule has 1 N–H and O–H groups in total. The van der Waals surface area contributed by atoms with Crippen molar-refractivity contribution in [2.45, 2.75) is 39.2 Å². The molecule has 1 aromatic rings. The van der Waals surface area contributed by atoms with Gasteiger partial charge in [-0.25, -0.2) is 0 Å². The number of nitrogens with one attached hydrogen (secondary N) is 1. The van der Waals surface area contributed by atoms with Crippen LogP contribution in [-0.2, 0) is 9.53 Å². The Morgan fingerprint density at radius 1 is 1.22 bits per heavy atom. The first kappa shape index (κ1) is 19.5. The highest BCUT2D eigenvalue weighted by molar-refractivity contribution is 5.97. The Balaban J connectivity index is 2.51.